The van der Waals surface area contributed by atoms with E-state index in [9.17, 15) is 0 Å². The predicted molar refractivity (Wildman–Crippen MR) is 269 cm³/mol. The van der Waals surface area contributed by atoms with Gasteiger partial charge >= 0.3 is 0 Å². The first-order valence-corrected chi connectivity index (χ1v) is 26.1. The number of unbranched alkanes of at least 4 members (excludes halogenated alkanes) is 24. The zero-order valence-electron chi connectivity index (χ0n) is 40.1. The average molecular weight is 849 g/mol. The second-order valence-corrected chi connectivity index (χ2v) is 17.9. The van der Waals surface area contributed by atoms with E-state index < -0.39 is 5.60 Å². The van der Waals surface area contributed by atoms with Crippen molar-refractivity contribution in [3.05, 3.63) is 132 Å². The van der Waals surface area contributed by atoms with Crippen molar-refractivity contribution >= 4 is 0 Å². The van der Waals surface area contributed by atoms with Crippen LogP contribution in [-0.2, 0) is 19.8 Å². The Kier molecular flexibility index (Phi) is 33.1. The normalized spacial score (nSPS) is 12.5. The van der Waals surface area contributed by atoms with Gasteiger partial charge in [0.05, 0.1) is 19.3 Å². The van der Waals surface area contributed by atoms with E-state index in [4.69, 9.17) is 14.2 Å². The molecule has 346 valence electrons. The van der Waals surface area contributed by atoms with Crippen LogP contribution in [0, 0.1) is 0 Å². The molecule has 3 aromatic carbocycles. The fourth-order valence-corrected chi connectivity index (χ4v) is 8.59. The Morgan fingerprint density at radius 1 is 0.387 bits per heavy atom. The quantitative estimate of drug-likeness (QED) is 0.0323. The molecule has 0 heterocycles. The Morgan fingerprint density at radius 3 is 1.11 bits per heavy atom. The minimum absolute atomic E-state index is 0.00672. The lowest BCUT2D eigenvalue weighted by Crippen LogP contribution is -2.34. The van der Waals surface area contributed by atoms with Gasteiger partial charge in [0.2, 0.25) is 0 Å². The van der Waals surface area contributed by atoms with Gasteiger partial charge in [-0.05, 0) is 87.3 Å². The van der Waals surface area contributed by atoms with Gasteiger partial charge in [0.1, 0.15) is 5.60 Å². The van der Waals surface area contributed by atoms with Gasteiger partial charge in [-0.15, -0.1) is 0 Å². The van der Waals surface area contributed by atoms with E-state index in [0.29, 0.717) is 13.2 Å². The van der Waals surface area contributed by atoms with Gasteiger partial charge < -0.3 is 14.2 Å². The number of hydrogen-bond acceptors (Lipinski definition) is 3. The summed E-state index contributed by atoms with van der Waals surface area (Å²) in [4.78, 5) is 0. The predicted octanol–water partition coefficient (Wildman–Crippen LogP) is 17.9. The number of hydrogen-bond donors (Lipinski definition) is 0. The molecule has 0 N–H and O–H groups in total. The molecule has 0 aromatic heterocycles. The zero-order valence-corrected chi connectivity index (χ0v) is 40.1. The first-order valence-electron chi connectivity index (χ1n) is 26.1. The van der Waals surface area contributed by atoms with Gasteiger partial charge in [0.25, 0.3) is 0 Å². The second-order valence-electron chi connectivity index (χ2n) is 17.9. The van der Waals surface area contributed by atoms with Crippen molar-refractivity contribution in [1.82, 2.24) is 0 Å². The fourth-order valence-electron chi connectivity index (χ4n) is 8.59. The third kappa shape index (κ3) is 24.8. The molecule has 0 amide bonds. The average Bonchev–Trinajstić information content (AvgIpc) is 3.31. The van der Waals surface area contributed by atoms with E-state index in [-0.39, 0.29) is 6.10 Å². The molecule has 0 saturated carbocycles. The van der Waals surface area contributed by atoms with Crippen LogP contribution < -0.4 is 0 Å². The molecule has 3 heteroatoms. The first-order chi connectivity index (χ1) is 30.8. The summed E-state index contributed by atoms with van der Waals surface area (Å²) in [5.74, 6) is 0. The minimum atomic E-state index is -0.720. The van der Waals surface area contributed by atoms with Crippen LogP contribution in [0.3, 0.4) is 0 Å². The van der Waals surface area contributed by atoms with Crippen molar-refractivity contribution in [2.45, 2.75) is 212 Å². The Labute approximate surface area is 382 Å². The van der Waals surface area contributed by atoms with Crippen LogP contribution >= 0.6 is 0 Å². The molecule has 62 heavy (non-hydrogen) atoms. The molecule has 1 atom stereocenters. The van der Waals surface area contributed by atoms with Crippen LogP contribution in [0.15, 0.2) is 115 Å². The van der Waals surface area contributed by atoms with Crippen molar-refractivity contribution in [3.8, 4) is 0 Å². The highest BCUT2D eigenvalue weighted by molar-refractivity contribution is 5.47. The van der Waals surface area contributed by atoms with E-state index in [1.165, 1.54) is 167 Å². The summed E-state index contributed by atoms with van der Waals surface area (Å²) in [5, 5.41) is 0. The lowest BCUT2D eigenvalue weighted by molar-refractivity contribution is -0.0530. The largest absolute Gasteiger partial charge is 0.379 e. The van der Waals surface area contributed by atoms with Crippen LogP contribution in [0.5, 0.6) is 0 Å². The smallest absolute Gasteiger partial charge is 0.143 e. The summed E-state index contributed by atoms with van der Waals surface area (Å²) in [7, 11) is 0. The highest BCUT2D eigenvalue weighted by atomic mass is 16.5. The molecule has 0 aliphatic rings. The first kappa shape index (κ1) is 53.4. The highest BCUT2D eigenvalue weighted by Gasteiger charge is 2.37. The van der Waals surface area contributed by atoms with E-state index in [0.717, 1.165) is 49.2 Å². The molecule has 0 fully saturated rings. The van der Waals surface area contributed by atoms with Gasteiger partial charge in [-0.2, -0.15) is 0 Å². The summed E-state index contributed by atoms with van der Waals surface area (Å²) in [6.45, 7) is 7.35. The van der Waals surface area contributed by atoms with Gasteiger partial charge in [-0.1, -0.05) is 245 Å². The van der Waals surface area contributed by atoms with Gasteiger partial charge in [-0.3, -0.25) is 0 Å². The standard InChI is InChI=1S/C59H92O3/c1-3-5-7-9-11-13-15-17-19-21-23-25-27-29-31-42-51-60-54-58(61-52-43-32-30-28-26-24-22-20-18-16-14-12-10-8-6-4-2)50-53-62-59(55-44-36-33-37-45-55,56-46-38-34-39-47-56)57-48-40-35-41-49-57/h17-20,33-41,44-49,58H,3-16,21-32,42-43,50-54H2,1-2H3/b19-17-,20-18-. The fraction of sp³-hybridized carbons (Fsp3) is 0.627. The summed E-state index contributed by atoms with van der Waals surface area (Å²) < 4.78 is 20.1. The Morgan fingerprint density at radius 2 is 0.726 bits per heavy atom. The van der Waals surface area contributed by atoms with Crippen LogP contribution in [-0.4, -0.2) is 32.5 Å². The maximum Gasteiger partial charge on any atom is 0.143 e. The molecule has 0 aliphatic carbocycles. The third-order valence-corrected chi connectivity index (χ3v) is 12.4. The lowest BCUT2D eigenvalue weighted by atomic mass is 9.80. The maximum atomic E-state index is 7.15. The monoisotopic (exact) mass is 849 g/mol. The van der Waals surface area contributed by atoms with E-state index in [1.54, 1.807) is 0 Å². The number of allylic oxidation sites excluding steroid dienone is 4. The van der Waals surface area contributed by atoms with Crippen LogP contribution in [0.2, 0.25) is 0 Å². The zero-order chi connectivity index (χ0) is 43.7. The second kappa shape index (κ2) is 38.5. The van der Waals surface area contributed by atoms with Gasteiger partial charge in [0, 0.05) is 13.2 Å². The van der Waals surface area contributed by atoms with Crippen LogP contribution in [0.1, 0.15) is 217 Å². The molecule has 3 rings (SSSR count). The minimum Gasteiger partial charge on any atom is -0.379 e. The third-order valence-electron chi connectivity index (χ3n) is 12.4. The summed E-state index contributed by atoms with van der Waals surface area (Å²) in [5.41, 5.74) is 2.68. The molecule has 3 nitrogen and oxygen atoms in total. The summed E-state index contributed by atoms with van der Waals surface area (Å²) >= 11 is 0. The van der Waals surface area contributed by atoms with Crippen molar-refractivity contribution < 1.29 is 14.2 Å². The lowest BCUT2D eigenvalue weighted by Gasteiger charge is -2.36. The van der Waals surface area contributed by atoms with Crippen molar-refractivity contribution in [1.29, 1.82) is 0 Å². The Bertz CT molecular complexity index is 1340. The van der Waals surface area contributed by atoms with Crippen molar-refractivity contribution in [2.75, 3.05) is 26.4 Å². The molecular formula is C59H92O3. The molecule has 0 aliphatic heterocycles. The van der Waals surface area contributed by atoms with Crippen LogP contribution in [0.25, 0.3) is 0 Å². The summed E-state index contributed by atoms with van der Waals surface area (Å²) in [6.07, 6.45) is 47.3. The molecule has 0 saturated heterocycles. The molecule has 3 aromatic rings. The number of rotatable bonds is 42. The number of ether oxygens (including phenoxy) is 3. The number of benzene rings is 3. The van der Waals surface area contributed by atoms with Crippen molar-refractivity contribution in [2.24, 2.45) is 0 Å². The Balaban J connectivity index is 1.41. The van der Waals surface area contributed by atoms with Crippen LogP contribution in [0.4, 0.5) is 0 Å². The SMILES string of the molecule is CCCCCCCC/C=C\CCCCCCCCOCC(CCOC(c1ccccc1)(c1ccccc1)c1ccccc1)OCCCCCCCC/C=C\CCCCCCCC. The van der Waals surface area contributed by atoms with Gasteiger partial charge in [-0.25, -0.2) is 0 Å². The van der Waals surface area contributed by atoms with E-state index >= 15 is 0 Å². The maximum absolute atomic E-state index is 7.15. The van der Waals surface area contributed by atoms with Gasteiger partial charge in [0.15, 0.2) is 0 Å². The molecule has 0 radical (unpaired) electrons. The molecule has 0 spiro atoms. The van der Waals surface area contributed by atoms with E-state index in [2.05, 4.69) is 129 Å². The molecular weight excluding hydrogens is 757 g/mol. The van der Waals surface area contributed by atoms with Crippen molar-refractivity contribution in [3.63, 3.8) is 0 Å². The molecule has 0 bridgehead atoms. The van der Waals surface area contributed by atoms with E-state index in [1.807, 2.05) is 0 Å². The topological polar surface area (TPSA) is 27.7 Å². The Hall–Kier alpha value is -2.98. The highest BCUT2D eigenvalue weighted by Crippen LogP contribution is 2.40. The summed E-state index contributed by atoms with van der Waals surface area (Å²) in [6, 6.07) is 32.1. The molecule has 1 unspecified atom stereocenters.